The maximum Gasteiger partial charge on any atom is 0.340 e. The third-order valence-corrected chi connectivity index (χ3v) is 3.41. The zero-order valence-electron chi connectivity index (χ0n) is 15.5. The molecule has 0 fully saturated rings. The van der Waals surface area contributed by atoms with Gasteiger partial charge in [-0.15, -0.1) is 0 Å². The number of rotatable bonds is 5. The van der Waals surface area contributed by atoms with Crippen molar-refractivity contribution < 1.29 is 19.1 Å². The van der Waals surface area contributed by atoms with Crippen molar-refractivity contribution in [3.63, 3.8) is 0 Å². The van der Waals surface area contributed by atoms with Crippen molar-refractivity contribution in [2.45, 2.75) is 46.7 Å². The van der Waals surface area contributed by atoms with E-state index < -0.39 is 18.0 Å². The number of nitrogens with two attached hydrogens (primary N) is 1. The molecular weight excluding hydrogens is 324 g/mol. The number of aryl methyl sites for hydroxylation is 1. The summed E-state index contributed by atoms with van der Waals surface area (Å²) >= 11 is 0. The number of hydrogen-bond acceptors (Lipinski definition) is 4. The van der Waals surface area contributed by atoms with E-state index >= 15 is 0 Å². The van der Waals surface area contributed by atoms with Crippen molar-refractivity contribution in [1.29, 1.82) is 0 Å². The van der Waals surface area contributed by atoms with Gasteiger partial charge in [-0.3, -0.25) is 4.90 Å². The predicted molar refractivity (Wildman–Crippen MR) is 97.0 cm³/mol. The van der Waals surface area contributed by atoms with Gasteiger partial charge < -0.3 is 21.1 Å². The molecule has 0 aliphatic carbocycles. The Morgan fingerprint density at radius 3 is 2.20 bits per heavy atom. The van der Waals surface area contributed by atoms with Gasteiger partial charge in [0.15, 0.2) is 0 Å². The molecule has 0 aromatic heterocycles. The molecule has 0 aliphatic heterocycles. The first-order chi connectivity index (χ1) is 11.6. The highest BCUT2D eigenvalue weighted by molar-refractivity contribution is 6.04. The van der Waals surface area contributed by atoms with Crippen LogP contribution in [0.5, 0.6) is 0 Å². The number of methoxy groups -OCH3 is 1. The number of esters is 1. The molecule has 1 aromatic carbocycles. The van der Waals surface area contributed by atoms with E-state index in [9.17, 15) is 14.4 Å². The summed E-state index contributed by atoms with van der Waals surface area (Å²) in [4.78, 5) is 37.3. The highest BCUT2D eigenvalue weighted by Gasteiger charge is 2.23. The smallest absolute Gasteiger partial charge is 0.340 e. The minimum atomic E-state index is -0.627. The number of nitrogens with zero attached hydrogens (tertiary/aromatic N) is 1. The van der Waals surface area contributed by atoms with Gasteiger partial charge in [0, 0.05) is 17.8 Å². The maximum absolute atomic E-state index is 12.1. The molecule has 138 valence electrons. The molecule has 0 unspecified atom stereocenters. The summed E-state index contributed by atoms with van der Waals surface area (Å²) in [6, 6.07) is 1.82. The zero-order chi connectivity index (χ0) is 19.3. The van der Waals surface area contributed by atoms with Crippen LogP contribution in [0.2, 0.25) is 0 Å². The summed E-state index contributed by atoms with van der Waals surface area (Å²) in [5, 5.41) is 5.32. The largest absolute Gasteiger partial charge is 0.465 e. The number of anilines is 2. The second-order valence-electron chi connectivity index (χ2n) is 6.23. The number of ether oxygens (including phenoxy) is 1. The summed E-state index contributed by atoms with van der Waals surface area (Å²) in [6.07, 6.45) is 0. The fourth-order valence-corrected chi connectivity index (χ4v) is 2.48. The standard InChI is InChI=1S/C17H26N4O4/c1-9(2)19-17(24)20-13-8-12(21(10(3)4)16(18)23)7-11(5)14(13)15(22)25-6/h7-10H,1-6H3,(H2,18,23)(H2,19,20,24). The van der Waals surface area contributed by atoms with Gasteiger partial charge in [0.2, 0.25) is 0 Å². The Morgan fingerprint density at radius 2 is 1.76 bits per heavy atom. The molecule has 0 bridgehead atoms. The summed E-state index contributed by atoms with van der Waals surface area (Å²) in [7, 11) is 1.26. The second-order valence-corrected chi connectivity index (χ2v) is 6.23. The van der Waals surface area contributed by atoms with Crippen LogP contribution in [0.4, 0.5) is 21.0 Å². The number of carbonyl (C=O) groups excluding carboxylic acids is 3. The summed E-state index contributed by atoms with van der Waals surface area (Å²) in [5.74, 6) is -0.584. The van der Waals surface area contributed by atoms with Crippen LogP contribution in [0.15, 0.2) is 12.1 Å². The molecular formula is C17H26N4O4. The van der Waals surface area contributed by atoms with Gasteiger partial charge in [-0.2, -0.15) is 0 Å². The molecule has 1 rings (SSSR count). The van der Waals surface area contributed by atoms with Gasteiger partial charge in [0.25, 0.3) is 0 Å². The van der Waals surface area contributed by atoms with Crippen molar-refractivity contribution in [2.24, 2.45) is 5.73 Å². The van der Waals surface area contributed by atoms with E-state index in [0.717, 1.165) is 0 Å². The Balaban J connectivity index is 3.44. The number of benzene rings is 1. The van der Waals surface area contributed by atoms with Crippen LogP contribution in [0.1, 0.15) is 43.6 Å². The van der Waals surface area contributed by atoms with Gasteiger partial charge >= 0.3 is 18.0 Å². The average Bonchev–Trinajstić information content (AvgIpc) is 2.44. The maximum atomic E-state index is 12.1. The van der Waals surface area contributed by atoms with E-state index in [-0.39, 0.29) is 23.3 Å². The first-order valence-corrected chi connectivity index (χ1v) is 7.97. The highest BCUT2D eigenvalue weighted by Crippen LogP contribution is 2.29. The number of amides is 4. The molecule has 0 atom stereocenters. The molecule has 0 saturated heterocycles. The Morgan fingerprint density at radius 1 is 1.16 bits per heavy atom. The lowest BCUT2D eigenvalue weighted by molar-refractivity contribution is 0.0601. The lowest BCUT2D eigenvalue weighted by Crippen LogP contribution is -2.41. The summed E-state index contributed by atoms with van der Waals surface area (Å²) < 4.78 is 4.80. The van der Waals surface area contributed by atoms with Gasteiger partial charge in [-0.05, 0) is 52.3 Å². The first kappa shape index (κ1) is 20.3. The van der Waals surface area contributed by atoms with Crippen molar-refractivity contribution in [2.75, 3.05) is 17.3 Å². The van der Waals surface area contributed by atoms with E-state index in [1.807, 2.05) is 27.7 Å². The van der Waals surface area contributed by atoms with Gasteiger partial charge in [-0.25, -0.2) is 14.4 Å². The van der Waals surface area contributed by atoms with Crippen LogP contribution in [-0.4, -0.2) is 37.2 Å². The van der Waals surface area contributed by atoms with Crippen LogP contribution >= 0.6 is 0 Å². The SMILES string of the molecule is COC(=O)c1c(C)cc(N(C(N)=O)C(C)C)cc1NC(=O)NC(C)C. The Bertz CT molecular complexity index is 671. The second kappa shape index (κ2) is 8.36. The number of carbonyl (C=O) groups is 3. The molecule has 0 saturated carbocycles. The van der Waals surface area contributed by atoms with Crippen molar-refractivity contribution in [1.82, 2.24) is 5.32 Å². The number of urea groups is 2. The Labute approximate surface area is 147 Å². The molecule has 8 nitrogen and oxygen atoms in total. The van der Waals surface area contributed by atoms with Crippen LogP contribution < -0.4 is 21.3 Å². The lowest BCUT2D eigenvalue weighted by atomic mass is 10.0. The van der Waals surface area contributed by atoms with Crippen LogP contribution in [0, 0.1) is 6.92 Å². The van der Waals surface area contributed by atoms with E-state index in [0.29, 0.717) is 11.3 Å². The fourth-order valence-electron chi connectivity index (χ4n) is 2.48. The Kier molecular flexibility index (Phi) is 6.78. The summed E-state index contributed by atoms with van der Waals surface area (Å²) in [6.45, 7) is 8.95. The van der Waals surface area contributed by atoms with Crippen molar-refractivity contribution in [3.05, 3.63) is 23.3 Å². The summed E-state index contributed by atoms with van der Waals surface area (Å²) in [5.41, 5.74) is 6.95. The lowest BCUT2D eigenvalue weighted by Gasteiger charge is -2.26. The quantitative estimate of drug-likeness (QED) is 0.708. The normalized spacial score (nSPS) is 10.6. The molecule has 1 aromatic rings. The monoisotopic (exact) mass is 350 g/mol. The molecule has 25 heavy (non-hydrogen) atoms. The van der Waals surface area contributed by atoms with Crippen LogP contribution in [0.3, 0.4) is 0 Å². The minimum Gasteiger partial charge on any atom is -0.465 e. The van der Waals surface area contributed by atoms with Crippen LogP contribution in [-0.2, 0) is 4.74 Å². The molecule has 4 amide bonds. The third-order valence-electron chi connectivity index (χ3n) is 3.41. The molecule has 0 spiro atoms. The fraction of sp³-hybridized carbons (Fsp3) is 0.471. The van der Waals surface area contributed by atoms with E-state index in [1.165, 1.54) is 18.1 Å². The van der Waals surface area contributed by atoms with Gasteiger partial charge in [0.05, 0.1) is 18.4 Å². The highest BCUT2D eigenvalue weighted by atomic mass is 16.5. The number of nitrogens with one attached hydrogen (secondary N) is 2. The van der Waals surface area contributed by atoms with Crippen LogP contribution in [0.25, 0.3) is 0 Å². The molecule has 0 radical (unpaired) electrons. The average molecular weight is 350 g/mol. The minimum absolute atomic E-state index is 0.0800. The predicted octanol–water partition coefficient (Wildman–Crippen LogP) is 2.61. The molecule has 4 N–H and O–H groups in total. The molecule has 0 aliphatic rings. The first-order valence-electron chi connectivity index (χ1n) is 7.97. The van der Waals surface area contributed by atoms with Crippen molar-refractivity contribution >= 4 is 29.4 Å². The molecule has 0 heterocycles. The van der Waals surface area contributed by atoms with Gasteiger partial charge in [-0.1, -0.05) is 0 Å². The van der Waals surface area contributed by atoms with Gasteiger partial charge in [0.1, 0.15) is 0 Å². The number of primary amides is 1. The third kappa shape index (κ3) is 5.10. The molecule has 8 heteroatoms. The number of hydrogen-bond donors (Lipinski definition) is 3. The van der Waals surface area contributed by atoms with E-state index in [1.54, 1.807) is 13.0 Å². The van der Waals surface area contributed by atoms with E-state index in [2.05, 4.69) is 10.6 Å². The Hall–Kier alpha value is -2.77. The van der Waals surface area contributed by atoms with E-state index in [4.69, 9.17) is 10.5 Å². The van der Waals surface area contributed by atoms with Crippen molar-refractivity contribution in [3.8, 4) is 0 Å². The zero-order valence-corrected chi connectivity index (χ0v) is 15.5. The topological polar surface area (TPSA) is 114 Å².